The average Bonchev–Trinajstić information content (AvgIpc) is 3.02. The predicted octanol–water partition coefficient (Wildman–Crippen LogP) is 1.82. The third kappa shape index (κ3) is 5.72. The second kappa shape index (κ2) is 8.53. The predicted molar refractivity (Wildman–Crippen MR) is 101 cm³/mol. The molecule has 144 valence electrons. The fourth-order valence-corrected chi connectivity index (χ4v) is 3.51. The van der Waals surface area contributed by atoms with Gasteiger partial charge >= 0.3 is 0 Å². The minimum absolute atomic E-state index is 0.105. The maximum absolute atomic E-state index is 12.7. The molecule has 2 amide bonds. The minimum Gasteiger partial charge on any atom is -0.354 e. The van der Waals surface area contributed by atoms with Crippen LogP contribution in [0.3, 0.4) is 0 Å². The molecule has 2 N–H and O–H groups in total. The van der Waals surface area contributed by atoms with Gasteiger partial charge in [0, 0.05) is 24.3 Å². The maximum atomic E-state index is 12.7. The van der Waals surface area contributed by atoms with E-state index in [4.69, 9.17) is 0 Å². The standard InChI is InChI=1S/C18H27N3O4S/c1-13(2)10-11-19-17(22)16-5-4-12-21(16)18(23)14-6-8-15(9-7-14)20-26(3,24)25/h6-9,13,16,20H,4-5,10-12H2,1-3H3,(H,19,22). The number of likely N-dealkylation sites (tertiary alicyclic amines) is 1. The van der Waals surface area contributed by atoms with Crippen LogP contribution < -0.4 is 10.0 Å². The number of amides is 2. The number of carbonyl (C=O) groups excluding carboxylic acids is 2. The van der Waals surface area contributed by atoms with E-state index in [2.05, 4.69) is 23.9 Å². The molecule has 0 radical (unpaired) electrons. The van der Waals surface area contributed by atoms with E-state index in [1.807, 2.05) is 0 Å². The van der Waals surface area contributed by atoms with E-state index in [1.54, 1.807) is 29.2 Å². The Bertz CT molecular complexity index is 744. The molecular formula is C18H27N3O4S. The van der Waals surface area contributed by atoms with Crippen LogP contribution in [0.25, 0.3) is 0 Å². The summed E-state index contributed by atoms with van der Waals surface area (Å²) in [7, 11) is -3.36. The third-order valence-corrected chi connectivity index (χ3v) is 4.88. The fraction of sp³-hybridized carbons (Fsp3) is 0.556. The first-order valence-corrected chi connectivity index (χ1v) is 10.7. The normalized spacial score (nSPS) is 17.4. The minimum atomic E-state index is -3.36. The van der Waals surface area contributed by atoms with Crippen molar-refractivity contribution >= 4 is 27.5 Å². The molecule has 1 fully saturated rings. The van der Waals surface area contributed by atoms with Crippen molar-refractivity contribution in [3.8, 4) is 0 Å². The number of benzene rings is 1. The van der Waals surface area contributed by atoms with Crippen molar-refractivity contribution in [1.29, 1.82) is 0 Å². The summed E-state index contributed by atoms with van der Waals surface area (Å²) in [4.78, 5) is 26.8. The van der Waals surface area contributed by atoms with Gasteiger partial charge in [0.15, 0.2) is 0 Å². The van der Waals surface area contributed by atoms with Gasteiger partial charge in [-0.2, -0.15) is 0 Å². The Hall–Kier alpha value is -2.09. The molecule has 1 heterocycles. The molecule has 0 aromatic heterocycles. The smallest absolute Gasteiger partial charge is 0.254 e. The van der Waals surface area contributed by atoms with E-state index in [1.165, 1.54) is 0 Å². The molecule has 1 saturated heterocycles. The van der Waals surface area contributed by atoms with Crippen LogP contribution in [0.1, 0.15) is 43.5 Å². The van der Waals surface area contributed by atoms with E-state index in [9.17, 15) is 18.0 Å². The van der Waals surface area contributed by atoms with Crippen LogP contribution in [-0.2, 0) is 14.8 Å². The molecule has 1 unspecified atom stereocenters. The molecule has 7 nitrogen and oxygen atoms in total. The van der Waals surface area contributed by atoms with Crippen LogP contribution in [0.4, 0.5) is 5.69 Å². The highest BCUT2D eigenvalue weighted by Crippen LogP contribution is 2.21. The molecule has 1 atom stereocenters. The number of rotatable bonds is 7. The molecule has 1 aromatic rings. The molecule has 1 aliphatic rings. The summed E-state index contributed by atoms with van der Waals surface area (Å²) in [5, 5.41) is 2.92. The van der Waals surface area contributed by atoms with Crippen molar-refractivity contribution in [2.24, 2.45) is 5.92 Å². The number of carbonyl (C=O) groups is 2. The number of hydrogen-bond donors (Lipinski definition) is 2. The first kappa shape index (κ1) is 20.2. The highest BCUT2D eigenvalue weighted by atomic mass is 32.2. The first-order valence-electron chi connectivity index (χ1n) is 8.84. The quantitative estimate of drug-likeness (QED) is 0.753. The Kier molecular flexibility index (Phi) is 6.63. The first-order chi connectivity index (χ1) is 12.2. The van der Waals surface area contributed by atoms with E-state index in [-0.39, 0.29) is 11.8 Å². The average molecular weight is 381 g/mol. The highest BCUT2D eigenvalue weighted by molar-refractivity contribution is 7.92. The number of nitrogens with one attached hydrogen (secondary N) is 2. The molecule has 2 rings (SSSR count). The molecule has 1 aromatic carbocycles. The zero-order valence-corrected chi connectivity index (χ0v) is 16.3. The lowest BCUT2D eigenvalue weighted by Crippen LogP contribution is -2.46. The Labute approximate surface area is 155 Å². The second-order valence-electron chi connectivity index (χ2n) is 7.08. The summed E-state index contributed by atoms with van der Waals surface area (Å²) in [5.41, 5.74) is 0.833. The zero-order valence-electron chi connectivity index (χ0n) is 15.5. The van der Waals surface area contributed by atoms with Crippen molar-refractivity contribution in [2.75, 3.05) is 24.1 Å². The van der Waals surface area contributed by atoms with Crippen molar-refractivity contribution in [3.63, 3.8) is 0 Å². The lowest BCUT2D eigenvalue weighted by atomic mass is 10.1. The molecule has 0 bridgehead atoms. The van der Waals surface area contributed by atoms with Crippen molar-refractivity contribution in [3.05, 3.63) is 29.8 Å². The van der Waals surface area contributed by atoms with Gasteiger partial charge in [-0.1, -0.05) is 13.8 Å². The van der Waals surface area contributed by atoms with Gasteiger partial charge < -0.3 is 10.2 Å². The Morgan fingerprint density at radius 2 is 1.88 bits per heavy atom. The number of nitrogens with zero attached hydrogens (tertiary/aromatic N) is 1. The van der Waals surface area contributed by atoms with Crippen molar-refractivity contribution < 1.29 is 18.0 Å². The van der Waals surface area contributed by atoms with E-state index >= 15 is 0 Å². The van der Waals surface area contributed by atoms with E-state index in [0.29, 0.717) is 36.7 Å². The van der Waals surface area contributed by atoms with Crippen LogP contribution >= 0.6 is 0 Å². The SMILES string of the molecule is CC(C)CCNC(=O)C1CCCN1C(=O)c1ccc(NS(C)(=O)=O)cc1. The summed E-state index contributed by atoms with van der Waals surface area (Å²) in [5.74, 6) is 0.194. The Morgan fingerprint density at radius 1 is 1.23 bits per heavy atom. The monoisotopic (exact) mass is 381 g/mol. The van der Waals surface area contributed by atoms with Crippen molar-refractivity contribution in [1.82, 2.24) is 10.2 Å². The largest absolute Gasteiger partial charge is 0.354 e. The van der Waals surface area contributed by atoms with Crippen LogP contribution in [0.5, 0.6) is 0 Å². The third-order valence-electron chi connectivity index (χ3n) is 4.27. The molecule has 8 heteroatoms. The Balaban J connectivity index is 2.02. The molecular weight excluding hydrogens is 354 g/mol. The van der Waals surface area contributed by atoms with Gasteiger partial charge in [-0.15, -0.1) is 0 Å². The van der Waals surface area contributed by atoms with E-state index in [0.717, 1.165) is 19.1 Å². The fourth-order valence-electron chi connectivity index (χ4n) is 2.94. The molecule has 26 heavy (non-hydrogen) atoms. The summed E-state index contributed by atoms with van der Waals surface area (Å²) >= 11 is 0. The summed E-state index contributed by atoms with van der Waals surface area (Å²) in [6.45, 7) is 5.35. The lowest BCUT2D eigenvalue weighted by molar-refractivity contribution is -0.124. The van der Waals surface area contributed by atoms with Gasteiger partial charge in [0.25, 0.3) is 5.91 Å². The number of sulfonamides is 1. The molecule has 0 saturated carbocycles. The van der Waals surface area contributed by atoms with Crippen LogP contribution in [-0.4, -0.2) is 50.5 Å². The van der Waals surface area contributed by atoms with E-state index < -0.39 is 16.1 Å². The highest BCUT2D eigenvalue weighted by Gasteiger charge is 2.34. The van der Waals surface area contributed by atoms with Gasteiger partial charge in [-0.05, 0) is 49.4 Å². The lowest BCUT2D eigenvalue weighted by Gasteiger charge is -2.24. The van der Waals surface area contributed by atoms with Crippen LogP contribution in [0, 0.1) is 5.92 Å². The van der Waals surface area contributed by atoms with Gasteiger partial charge in [0.2, 0.25) is 15.9 Å². The van der Waals surface area contributed by atoms with Gasteiger partial charge in [0.05, 0.1) is 6.26 Å². The topological polar surface area (TPSA) is 95.6 Å². The second-order valence-corrected chi connectivity index (χ2v) is 8.83. The zero-order chi connectivity index (χ0) is 19.3. The van der Waals surface area contributed by atoms with Crippen molar-refractivity contribution in [2.45, 2.75) is 39.2 Å². The molecule has 0 aliphatic carbocycles. The molecule has 1 aliphatic heterocycles. The maximum Gasteiger partial charge on any atom is 0.254 e. The summed E-state index contributed by atoms with van der Waals surface area (Å²) < 4.78 is 24.8. The van der Waals surface area contributed by atoms with Gasteiger partial charge in [-0.3, -0.25) is 14.3 Å². The Morgan fingerprint density at radius 3 is 2.46 bits per heavy atom. The summed E-state index contributed by atoms with van der Waals surface area (Å²) in [6.07, 6.45) is 3.43. The molecule has 0 spiro atoms. The number of anilines is 1. The van der Waals surface area contributed by atoms with Crippen LogP contribution in [0.15, 0.2) is 24.3 Å². The number of hydrogen-bond acceptors (Lipinski definition) is 4. The van der Waals surface area contributed by atoms with Gasteiger partial charge in [0.1, 0.15) is 6.04 Å². The van der Waals surface area contributed by atoms with Gasteiger partial charge in [-0.25, -0.2) is 8.42 Å². The van der Waals surface area contributed by atoms with Crippen LogP contribution in [0.2, 0.25) is 0 Å². The summed E-state index contributed by atoms with van der Waals surface area (Å²) in [6, 6.07) is 5.79.